The molecule has 0 amide bonds. The van der Waals surface area contributed by atoms with Crippen molar-refractivity contribution in [1.82, 2.24) is 0 Å². The Balaban J connectivity index is 1.88. The summed E-state index contributed by atoms with van der Waals surface area (Å²) in [7, 11) is 0. The van der Waals surface area contributed by atoms with Crippen LogP contribution in [0.5, 0.6) is 17.2 Å². The third kappa shape index (κ3) is 4.35. The zero-order valence-corrected chi connectivity index (χ0v) is 16.2. The summed E-state index contributed by atoms with van der Waals surface area (Å²) in [5.41, 5.74) is 8.29. The SMILES string of the molecule is NCCCC(N)(C(=O)Oc1ccc(-c2coc3cc(O)cc(O)c3c2=O)cc1)C(F)F. The number of benzene rings is 2. The first kappa shape index (κ1) is 22.2. The number of alkyl halides is 2. The molecule has 10 heteroatoms. The van der Waals surface area contributed by atoms with Crippen LogP contribution in [0.25, 0.3) is 22.1 Å². The van der Waals surface area contributed by atoms with E-state index in [1.807, 2.05) is 0 Å². The molecule has 0 fully saturated rings. The molecule has 1 unspecified atom stereocenters. The number of halogens is 2. The lowest BCUT2D eigenvalue weighted by molar-refractivity contribution is -0.147. The van der Waals surface area contributed by atoms with Gasteiger partial charge in [0.15, 0.2) is 5.54 Å². The second-order valence-electron chi connectivity index (χ2n) is 6.96. The Hall–Kier alpha value is -3.50. The highest BCUT2D eigenvalue weighted by Gasteiger charge is 2.44. The van der Waals surface area contributed by atoms with E-state index in [0.717, 1.165) is 12.3 Å². The topological polar surface area (TPSA) is 149 Å². The number of hydrogen-bond donors (Lipinski definition) is 4. The number of carbonyl (C=O) groups is 1. The summed E-state index contributed by atoms with van der Waals surface area (Å²) in [5, 5.41) is 19.4. The molecule has 164 valence electrons. The van der Waals surface area contributed by atoms with E-state index in [0.29, 0.717) is 5.56 Å². The maximum absolute atomic E-state index is 13.3. The van der Waals surface area contributed by atoms with E-state index >= 15 is 0 Å². The van der Waals surface area contributed by atoms with Crippen molar-refractivity contribution in [3.63, 3.8) is 0 Å². The van der Waals surface area contributed by atoms with Gasteiger partial charge in [-0.2, -0.15) is 0 Å². The molecule has 0 aliphatic carbocycles. The Bertz CT molecular complexity index is 1160. The van der Waals surface area contributed by atoms with Crippen LogP contribution in [-0.2, 0) is 4.79 Å². The molecular formula is C21H20F2N2O6. The zero-order chi connectivity index (χ0) is 22.8. The molecular weight excluding hydrogens is 414 g/mol. The second kappa shape index (κ2) is 8.70. The monoisotopic (exact) mass is 434 g/mol. The maximum atomic E-state index is 13.3. The van der Waals surface area contributed by atoms with E-state index in [-0.39, 0.29) is 47.4 Å². The number of phenols is 2. The number of phenolic OH excluding ortho intramolecular Hbond substituents is 2. The summed E-state index contributed by atoms with van der Waals surface area (Å²) < 4.78 is 37.0. The minimum atomic E-state index is -3.14. The first-order chi connectivity index (χ1) is 14.7. The van der Waals surface area contributed by atoms with Crippen molar-refractivity contribution < 1.29 is 32.9 Å². The Kier molecular flexibility index (Phi) is 6.23. The fourth-order valence-corrected chi connectivity index (χ4v) is 3.02. The minimum absolute atomic E-state index is 0.000522. The predicted octanol–water partition coefficient (Wildman–Crippen LogP) is 2.48. The Morgan fingerprint density at radius 1 is 1.19 bits per heavy atom. The van der Waals surface area contributed by atoms with Gasteiger partial charge in [-0.3, -0.25) is 4.79 Å². The van der Waals surface area contributed by atoms with Gasteiger partial charge in [0.25, 0.3) is 6.43 Å². The lowest BCUT2D eigenvalue weighted by atomic mass is 9.95. The molecule has 1 heterocycles. The molecule has 0 bridgehead atoms. The average molecular weight is 434 g/mol. The predicted molar refractivity (Wildman–Crippen MR) is 108 cm³/mol. The number of ether oxygens (including phenoxy) is 1. The first-order valence-corrected chi connectivity index (χ1v) is 9.24. The second-order valence-corrected chi connectivity index (χ2v) is 6.96. The number of esters is 1. The fraction of sp³-hybridized carbons (Fsp3) is 0.238. The molecule has 2 aromatic carbocycles. The highest BCUT2D eigenvalue weighted by Crippen LogP contribution is 2.30. The van der Waals surface area contributed by atoms with Crippen molar-refractivity contribution in [2.45, 2.75) is 24.8 Å². The highest BCUT2D eigenvalue weighted by atomic mass is 19.3. The molecule has 0 saturated carbocycles. The van der Waals surface area contributed by atoms with Gasteiger partial charge >= 0.3 is 5.97 Å². The Morgan fingerprint density at radius 3 is 2.48 bits per heavy atom. The van der Waals surface area contributed by atoms with Crippen LogP contribution in [0, 0.1) is 0 Å². The van der Waals surface area contributed by atoms with Crippen LogP contribution < -0.4 is 21.6 Å². The number of aromatic hydroxyl groups is 2. The fourth-order valence-electron chi connectivity index (χ4n) is 3.02. The van der Waals surface area contributed by atoms with E-state index in [2.05, 4.69) is 0 Å². The molecule has 0 spiro atoms. The first-order valence-electron chi connectivity index (χ1n) is 9.24. The molecule has 31 heavy (non-hydrogen) atoms. The van der Waals surface area contributed by atoms with E-state index in [1.165, 1.54) is 30.3 Å². The van der Waals surface area contributed by atoms with Crippen molar-refractivity contribution >= 4 is 16.9 Å². The molecule has 0 aliphatic rings. The van der Waals surface area contributed by atoms with Gasteiger partial charge in [0.05, 0.1) is 5.56 Å². The van der Waals surface area contributed by atoms with Gasteiger partial charge in [-0.15, -0.1) is 0 Å². The zero-order valence-electron chi connectivity index (χ0n) is 16.2. The van der Waals surface area contributed by atoms with Crippen LogP contribution in [0.3, 0.4) is 0 Å². The summed E-state index contributed by atoms with van der Waals surface area (Å²) in [4.78, 5) is 25.0. The third-order valence-electron chi connectivity index (χ3n) is 4.78. The van der Waals surface area contributed by atoms with Gasteiger partial charge in [-0.25, -0.2) is 13.6 Å². The van der Waals surface area contributed by atoms with Crippen molar-refractivity contribution in [3.8, 4) is 28.4 Å². The van der Waals surface area contributed by atoms with E-state index < -0.39 is 29.1 Å². The van der Waals surface area contributed by atoms with Crippen LogP contribution >= 0.6 is 0 Å². The molecule has 0 aliphatic heterocycles. The van der Waals surface area contributed by atoms with Crippen molar-refractivity contribution in [2.75, 3.05) is 6.54 Å². The quantitative estimate of drug-likeness (QED) is 0.327. The smallest absolute Gasteiger partial charge is 0.337 e. The molecule has 0 saturated heterocycles. The van der Waals surface area contributed by atoms with E-state index in [9.17, 15) is 28.6 Å². The standard InChI is InChI=1S/C21H20F2N2O6/c22-19(23)21(25,6-1-7-24)20(29)31-13-4-2-11(3-5-13)14-10-30-16-9-12(26)8-15(27)17(16)18(14)28/h2-5,8-10,19,26-27H,1,6-7,24-25H2. The van der Waals surface area contributed by atoms with Crippen LogP contribution in [0.1, 0.15) is 12.8 Å². The van der Waals surface area contributed by atoms with E-state index in [1.54, 1.807) is 0 Å². The highest BCUT2D eigenvalue weighted by molar-refractivity contribution is 5.88. The molecule has 0 radical (unpaired) electrons. The van der Waals surface area contributed by atoms with Crippen molar-refractivity contribution in [1.29, 1.82) is 0 Å². The normalized spacial score (nSPS) is 13.3. The average Bonchev–Trinajstić information content (AvgIpc) is 2.72. The van der Waals surface area contributed by atoms with Crippen LogP contribution in [0.2, 0.25) is 0 Å². The summed E-state index contributed by atoms with van der Waals surface area (Å²) in [6, 6.07) is 7.65. The van der Waals surface area contributed by atoms with E-state index in [4.69, 9.17) is 20.6 Å². The largest absolute Gasteiger partial charge is 0.508 e. The number of carbonyl (C=O) groups excluding carboxylic acids is 1. The lowest BCUT2D eigenvalue weighted by Crippen LogP contribution is -2.56. The molecule has 8 nitrogen and oxygen atoms in total. The Morgan fingerprint density at radius 2 is 1.87 bits per heavy atom. The number of hydrogen-bond acceptors (Lipinski definition) is 8. The Labute approximate surface area is 174 Å². The summed E-state index contributed by atoms with van der Waals surface area (Å²) >= 11 is 0. The molecule has 3 aromatic rings. The van der Waals surface area contributed by atoms with Gasteiger partial charge < -0.3 is 30.8 Å². The minimum Gasteiger partial charge on any atom is -0.508 e. The molecule has 1 atom stereocenters. The van der Waals surface area contributed by atoms with Crippen molar-refractivity contribution in [2.24, 2.45) is 11.5 Å². The summed E-state index contributed by atoms with van der Waals surface area (Å²) in [6.45, 7) is 0.0944. The molecule has 1 aromatic heterocycles. The summed E-state index contributed by atoms with van der Waals surface area (Å²) in [5.74, 6) is -2.05. The molecule has 3 rings (SSSR count). The van der Waals surface area contributed by atoms with Gasteiger partial charge in [-0.1, -0.05) is 12.1 Å². The number of nitrogens with two attached hydrogens (primary N) is 2. The van der Waals surface area contributed by atoms with Gasteiger partial charge in [-0.05, 0) is 37.1 Å². The number of rotatable bonds is 7. The lowest BCUT2D eigenvalue weighted by Gasteiger charge is -2.25. The van der Waals surface area contributed by atoms with Gasteiger partial charge in [0.2, 0.25) is 5.43 Å². The number of fused-ring (bicyclic) bond motifs is 1. The maximum Gasteiger partial charge on any atom is 0.337 e. The van der Waals surface area contributed by atoms with Gasteiger partial charge in [0, 0.05) is 12.1 Å². The van der Waals surface area contributed by atoms with Gasteiger partial charge in [0.1, 0.15) is 34.5 Å². The van der Waals surface area contributed by atoms with Crippen LogP contribution in [0.4, 0.5) is 8.78 Å². The van der Waals surface area contributed by atoms with Crippen molar-refractivity contribution in [3.05, 3.63) is 52.9 Å². The molecule has 6 N–H and O–H groups in total. The summed E-state index contributed by atoms with van der Waals surface area (Å²) in [6.07, 6.45) is -2.20. The third-order valence-corrected chi connectivity index (χ3v) is 4.78. The van der Waals surface area contributed by atoms with Crippen LogP contribution in [0.15, 0.2) is 51.9 Å². The van der Waals surface area contributed by atoms with Crippen LogP contribution in [-0.4, -0.2) is 34.7 Å².